The number of rotatable bonds is 4. The lowest BCUT2D eigenvalue weighted by Crippen LogP contribution is -1.86. The molecule has 0 aromatic heterocycles. The van der Waals surface area contributed by atoms with Crippen LogP contribution in [0.5, 0.6) is 0 Å². The SMILES string of the molecule is Cc1cc(C)cc(/C=C/COC=O)c1. The Morgan fingerprint density at radius 2 is 1.86 bits per heavy atom. The zero-order valence-corrected chi connectivity index (χ0v) is 8.49. The number of hydrogen-bond acceptors (Lipinski definition) is 2. The zero-order chi connectivity index (χ0) is 10.4. The lowest BCUT2D eigenvalue weighted by Gasteiger charge is -1.99. The Morgan fingerprint density at radius 3 is 2.43 bits per heavy atom. The first-order valence-corrected chi connectivity index (χ1v) is 4.52. The molecule has 0 unspecified atom stereocenters. The minimum Gasteiger partial charge on any atom is -0.464 e. The molecule has 0 saturated carbocycles. The third kappa shape index (κ3) is 3.44. The molecule has 0 atom stereocenters. The minimum atomic E-state index is 0.330. The molecular weight excluding hydrogens is 176 g/mol. The lowest BCUT2D eigenvalue weighted by atomic mass is 10.1. The molecule has 0 bridgehead atoms. The molecule has 0 amide bonds. The highest BCUT2D eigenvalue weighted by atomic mass is 16.5. The highest BCUT2D eigenvalue weighted by molar-refractivity contribution is 5.52. The smallest absolute Gasteiger partial charge is 0.293 e. The average molecular weight is 190 g/mol. The molecule has 14 heavy (non-hydrogen) atoms. The Hall–Kier alpha value is -1.57. The molecule has 0 spiro atoms. The maximum Gasteiger partial charge on any atom is 0.293 e. The van der Waals surface area contributed by atoms with Gasteiger partial charge in [0.25, 0.3) is 6.47 Å². The fourth-order valence-corrected chi connectivity index (χ4v) is 1.39. The van der Waals surface area contributed by atoms with Gasteiger partial charge >= 0.3 is 0 Å². The fourth-order valence-electron chi connectivity index (χ4n) is 1.39. The Bertz CT molecular complexity index is 320. The van der Waals surface area contributed by atoms with Crippen LogP contribution in [0.4, 0.5) is 0 Å². The number of benzene rings is 1. The first kappa shape index (κ1) is 10.5. The van der Waals surface area contributed by atoms with E-state index in [0.717, 1.165) is 5.56 Å². The molecule has 1 aromatic rings. The van der Waals surface area contributed by atoms with Crippen molar-refractivity contribution in [2.75, 3.05) is 6.61 Å². The van der Waals surface area contributed by atoms with Crippen LogP contribution < -0.4 is 0 Å². The van der Waals surface area contributed by atoms with Crippen molar-refractivity contribution < 1.29 is 9.53 Å². The molecule has 0 heterocycles. The minimum absolute atomic E-state index is 0.330. The van der Waals surface area contributed by atoms with Crippen molar-refractivity contribution in [3.63, 3.8) is 0 Å². The molecule has 1 rings (SSSR count). The third-order valence-corrected chi connectivity index (χ3v) is 1.81. The molecule has 2 heteroatoms. The summed E-state index contributed by atoms with van der Waals surface area (Å²) >= 11 is 0. The highest BCUT2D eigenvalue weighted by Gasteiger charge is 1.91. The Kier molecular flexibility index (Phi) is 3.92. The van der Waals surface area contributed by atoms with Gasteiger partial charge in [0.15, 0.2) is 0 Å². The second-order valence-corrected chi connectivity index (χ2v) is 3.25. The van der Waals surface area contributed by atoms with E-state index in [1.54, 1.807) is 0 Å². The van der Waals surface area contributed by atoms with E-state index in [4.69, 9.17) is 0 Å². The molecule has 0 saturated heterocycles. The standard InChI is InChI=1S/C12H14O2/c1-10-6-11(2)8-12(7-10)4-3-5-14-9-13/h3-4,6-9H,5H2,1-2H3/b4-3+. The van der Waals surface area contributed by atoms with Gasteiger partial charge in [0.2, 0.25) is 0 Å². The van der Waals surface area contributed by atoms with Crippen molar-refractivity contribution in [1.29, 1.82) is 0 Å². The Labute approximate surface area is 84.2 Å². The first-order valence-electron chi connectivity index (χ1n) is 4.52. The average Bonchev–Trinajstić information content (AvgIpc) is 2.11. The molecule has 0 aliphatic rings. The highest BCUT2D eigenvalue weighted by Crippen LogP contribution is 2.10. The lowest BCUT2D eigenvalue weighted by molar-refractivity contribution is -0.127. The third-order valence-electron chi connectivity index (χ3n) is 1.81. The molecule has 2 nitrogen and oxygen atoms in total. The van der Waals surface area contributed by atoms with E-state index in [-0.39, 0.29) is 0 Å². The molecule has 74 valence electrons. The molecule has 0 N–H and O–H groups in total. The van der Waals surface area contributed by atoms with E-state index in [1.165, 1.54) is 11.1 Å². The predicted molar refractivity (Wildman–Crippen MR) is 57.0 cm³/mol. The topological polar surface area (TPSA) is 26.3 Å². The second-order valence-electron chi connectivity index (χ2n) is 3.25. The van der Waals surface area contributed by atoms with E-state index < -0.39 is 0 Å². The molecule has 1 aromatic carbocycles. The van der Waals surface area contributed by atoms with E-state index in [0.29, 0.717) is 13.1 Å². The monoisotopic (exact) mass is 190 g/mol. The number of carbonyl (C=O) groups excluding carboxylic acids is 1. The molecule has 0 aliphatic carbocycles. The van der Waals surface area contributed by atoms with Gasteiger partial charge in [0.05, 0.1) is 0 Å². The quantitative estimate of drug-likeness (QED) is 0.538. The Balaban J connectivity index is 2.66. The molecule has 0 radical (unpaired) electrons. The van der Waals surface area contributed by atoms with Crippen molar-refractivity contribution in [3.05, 3.63) is 41.0 Å². The second kappa shape index (κ2) is 5.22. The van der Waals surface area contributed by atoms with Crippen molar-refractivity contribution >= 4 is 12.5 Å². The van der Waals surface area contributed by atoms with Crippen LogP contribution in [-0.2, 0) is 9.53 Å². The number of carbonyl (C=O) groups is 1. The summed E-state index contributed by atoms with van der Waals surface area (Å²) in [6, 6.07) is 6.30. The van der Waals surface area contributed by atoms with Crippen LogP contribution in [0.25, 0.3) is 6.08 Å². The van der Waals surface area contributed by atoms with Gasteiger partial charge in [-0.15, -0.1) is 0 Å². The van der Waals surface area contributed by atoms with Crippen LogP contribution >= 0.6 is 0 Å². The van der Waals surface area contributed by atoms with Gasteiger partial charge in [-0.05, 0) is 25.5 Å². The van der Waals surface area contributed by atoms with Gasteiger partial charge in [0, 0.05) is 0 Å². The largest absolute Gasteiger partial charge is 0.464 e. The van der Waals surface area contributed by atoms with Crippen LogP contribution in [0.3, 0.4) is 0 Å². The van der Waals surface area contributed by atoms with E-state index in [1.807, 2.05) is 12.2 Å². The van der Waals surface area contributed by atoms with Crippen molar-refractivity contribution in [2.45, 2.75) is 13.8 Å². The van der Waals surface area contributed by atoms with Crippen LogP contribution in [0.1, 0.15) is 16.7 Å². The number of ether oxygens (including phenoxy) is 1. The first-order chi connectivity index (χ1) is 6.72. The normalized spacial score (nSPS) is 10.4. The summed E-state index contributed by atoms with van der Waals surface area (Å²) in [7, 11) is 0. The van der Waals surface area contributed by atoms with Gasteiger partial charge in [-0.25, -0.2) is 0 Å². The van der Waals surface area contributed by atoms with Crippen molar-refractivity contribution in [3.8, 4) is 0 Å². The van der Waals surface area contributed by atoms with Gasteiger partial charge in [-0.3, -0.25) is 4.79 Å². The van der Waals surface area contributed by atoms with E-state index >= 15 is 0 Å². The van der Waals surface area contributed by atoms with Gasteiger partial charge in [0.1, 0.15) is 6.61 Å². The van der Waals surface area contributed by atoms with Gasteiger partial charge < -0.3 is 4.74 Å². The summed E-state index contributed by atoms with van der Waals surface area (Å²) in [5.74, 6) is 0. The van der Waals surface area contributed by atoms with Crippen LogP contribution in [0.15, 0.2) is 24.3 Å². The van der Waals surface area contributed by atoms with Crippen LogP contribution in [-0.4, -0.2) is 13.1 Å². The zero-order valence-electron chi connectivity index (χ0n) is 8.49. The van der Waals surface area contributed by atoms with E-state index in [9.17, 15) is 4.79 Å². The summed E-state index contributed by atoms with van der Waals surface area (Å²) in [5, 5.41) is 0. The van der Waals surface area contributed by atoms with Crippen molar-refractivity contribution in [1.82, 2.24) is 0 Å². The molecule has 0 fully saturated rings. The summed E-state index contributed by atoms with van der Waals surface area (Å²) < 4.78 is 4.55. The Morgan fingerprint density at radius 1 is 1.21 bits per heavy atom. The summed E-state index contributed by atoms with van der Waals surface area (Å²) in [6.07, 6.45) is 3.77. The van der Waals surface area contributed by atoms with Crippen molar-refractivity contribution in [2.24, 2.45) is 0 Å². The predicted octanol–water partition coefficient (Wildman–Crippen LogP) is 2.49. The summed E-state index contributed by atoms with van der Waals surface area (Å²) in [4.78, 5) is 9.87. The van der Waals surface area contributed by atoms with Gasteiger partial charge in [-0.1, -0.05) is 35.4 Å². The maximum atomic E-state index is 9.87. The van der Waals surface area contributed by atoms with Gasteiger partial charge in [-0.2, -0.15) is 0 Å². The fraction of sp³-hybridized carbons (Fsp3) is 0.250. The summed E-state index contributed by atoms with van der Waals surface area (Å²) in [5.41, 5.74) is 3.61. The van der Waals surface area contributed by atoms with Crippen LogP contribution in [0, 0.1) is 13.8 Å². The van der Waals surface area contributed by atoms with Crippen LogP contribution in [0.2, 0.25) is 0 Å². The molecular formula is C12H14O2. The molecule has 0 aliphatic heterocycles. The number of aryl methyl sites for hydroxylation is 2. The van der Waals surface area contributed by atoms with E-state index in [2.05, 4.69) is 36.8 Å². The maximum absolute atomic E-state index is 9.87. The summed E-state index contributed by atoms with van der Waals surface area (Å²) in [6.45, 7) is 4.90. The number of hydrogen-bond donors (Lipinski definition) is 0.